The first-order valence-electron chi connectivity index (χ1n) is 12.1. The first-order valence-corrected chi connectivity index (χ1v) is 12.1. The van der Waals surface area contributed by atoms with E-state index < -0.39 is 5.60 Å². The first-order chi connectivity index (χ1) is 18.5. The van der Waals surface area contributed by atoms with E-state index in [9.17, 15) is 9.90 Å². The lowest BCUT2D eigenvalue weighted by molar-refractivity contribution is -0.111. The Balaban J connectivity index is 1.48. The fourth-order valence-electron chi connectivity index (χ4n) is 4.38. The topological polar surface area (TPSA) is 131 Å². The van der Waals surface area contributed by atoms with Gasteiger partial charge in [0.15, 0.2) is 0 Å². The molecule has 0 radical (unpaired) electrons. The third-order valence-corrected chi connectivity index (χ3v) is 6.33. The number of amides is 1. The van der Waals surface area contributed by atoms with Gasteiger partial charge in [-0.3, -0.25) is 4.79 Å². The minimum absolute atomic E-state index is 0.210. The molecule has 0 spiro atoms. The summed E-state index contributed by atoms with van der Waals surface area (Å²) >= 11 is 0. The van der Waals surface area contributed by atoms with Crippen molar-refractivity contribution < 1.29 is 19.4 Å². The Morgan fingerprint density at radius 2 is 2.11 bits per heavy atom. The molecule has 10 heteroatoms. The summed E-state index contributed by atoms with van der Waals surface area (Å²) in [7, 11) is 1.53. The van der Waals surface area contributed by atoms with Crippen molar-refractivity contribution in [2.75, 3.05) is 44.0 Å². The van der Waals surface area contributed by atoms with Gasteiger partial charge >= 0.3 is 0 Å². The summed E-state index contributed by atoms with van der Waals surface area (Å²) in [5.41, 5.74) is 3.37. The lowest BCUT2D eigenvalue weighted by atomic mass is 9.98. The van der Waals surface area contributed by atoms with Gasteiger partial charge < -0.3 is 30.5 Å². The number of aromatic nitrogens is 3. The summed E-state index contributed by atoms with van der Waals surface area (Å²) in [6, 6.07) is 17.0. The van der Waals surface area contributed by atoms with Crippen LogP contribution in [0.15, 0.2) is 73.4 Å². The Hall–Kier alpha value is -4.38. The molecule has 1 atom stereocenters. The summed E-state index contributed by atoms with van der Waals surface area (Å²) in [5, 5.41) is 20.1. The summed E-state index contributed by atoms with van der Waals surface area (Å²) in [5.74, 6) is 0.409. The molecule has 5 rings (SSSR count). The highest BCUT2D eigenvalue weighted by Crippen LogP contribution is 2.33. The Labute approximate surface area is 219 Å². The molecule has 194 valence electrons. The zero-order valence-corrected chi connectivity index (χ0v) is 20.9. The van der Waals surface area contributed by atoms with E-state index in [1.807, 2.05) is 48.5 Å². The summed E-state index contributed by atoms with van der Waals surface area (Å²) in [6.07, 6.45) is 2.97. The summed E-state index contributed by atoms with van der Waals surface area (Å²) < 4.78 is 11.4. The highest BCUT2D eigenvalue weighted by Gasteiger charge is 2.37. The van der Waals surface area contributed by atoms with Crippen LogP contribution < -0.4 is 20.7 Å². The van der Waals surface area contributed by atoms with Crippen LogP contribution in [-0.4, -0.2) is 59.4 Å². The predicted octanol–water partition coefficient (Wildman–Crippen LogP) is 3.38. The number of carbonyl (C=O) groups is 1. The molecule has 1 aliphatic heterocycles. The van der Waals surface area contributed by atoms with Crippen LogP contribution in [0, 0.1) is 0 Å². The van der Waals surface area contributed by atoms with Gasteiger partial charge in [0.05, 0.1) is 31.5 Å². The number of carbonyl (C=O) groups excluding carboxylic acids is 1. The van der Waals surface area contributed by atoms with Crippen LogP contribution in [0.25, 0.3) is 22.0 Å². The van der Waals surface area contributed by atoms with Gasteiger partial charge in [-0.2, -0.15) is 0 Å². The maximum absolute atomic E-state index is 11.8. The second-order valence-electron chi connectivity index (χ2n) is 8.77. The van der Waals surface area contributed by atoms with E-state index in [-0.39, 0.29) is 12.5 Å². The van der Waals surface area contributed by atoms with E-state index in [4.69, 9.17) is 14.5 Å². The third-order valence-electron chi connectivity index (χ3n) is 6.33. The van der Waals surface area contributed by atoms with Crippen molar-refractivity contribution in [3.05, 3.63) is 79.1 Å². The Bertz CT molecular complexity index is 1490. The van der Waals surface area contributed by atoms with Gasteiger partial charge in [-0.15, -0.1) is 0 Å². The molecule has 1 amide bonds. The summed E-state index contributed by atoms with van der Waals surface area (Å²) in [6.45, 7) is 4.93. The van der Waals surface area contributed by atoms with Crippen LogP contribution in [0.4, 0.5) is 17.3 Å². The molecular formula is C28H28N6O4. The number of anilines is 3. The number of hydrogen-bond acceptors (Lipinski definition) is 9. The highest BCUT2D eigenvalue weighted by molar-refractivity contribution is 6.00. The van der Waals surface area contributed by atoms with E-state index in [1.54, 1.807) is 12.3 Å². The van der Waals surface area contributed by atoms with Crippen molar-refractivity contribution in [2.24, 2.45) is 0 Å². The van der Waals surface area contributed by atoms with E-state index >= 15 is 0 Å². The molecule has 38 heavy (non-hydrogen) atoms. The van der Waals surface area contributed by atoms with E-state index in [1.165, 1.54) is 13.2 Å². The number of aliphatic hydroxyl groups is 1. The van der Waals surface area contributed by atoms with Gasteiger partial charge in [0.1, 0.15) is 11.3 Å². The standard InChI is InChI=1S/C28H28N6O4/c1-3-24(36)31-20-8-4-6-18(14-20)21-9-5-7-19-15-30-27(34-25(19)21)32-22-10-11-23(33-26(22)37-2)28(17-35)16-29-12-13-38-28/h3-11,14-15,29,35H,1,12-13,16-17H2,2H3,(H,31,36)(H,30,32,34)/t28-/m0/s1. The highest BCUT2D eigenvalue weighted by atomic mass is 16.5. The molecule has 0 saturated carbocycles. The average molecular weight is 513 g/mol. The molecule has 0 bridgehead atoms. The zero-order chi connectivity index (χ0) is 26.5. The summed E-state index contributed by atoms with van der Waals surface area (Å²) in [4.78, 5) is 25.6. The number of benzene rings is 2. The number of pyridine rings is 1. The predicted molar refractivity (Wildman–Crippen MR) is 145 cm³/mol. The van der Waals surface area contributed by atoms with Crippen LogP contribution in [0.1, 0.15) is 5.69 Å². The Morgan fingerprint density at radius 1 is 1.24 bits per heavy atom. The monoisotopic (exact) mass is 512 g/mol. The molecule has 2 aromatic heterocycles. The molecule has 3 heterocycles. The Morgan fingerprint density at radius 3 is 2.87 bits per heavy atom. The number of methoxy groups -OCH3 is 1. The Kier molecular flexibility index (Phi) is 7.27. The second-order valence-corrected chi connectivity index (χ2v) is 8.77. The van der Waals surface area contributed by atoms with Gasteiger partial charge in [0.25, 0.3) is 0 Å². The number of ether oxygens (including phenoxy) is 2. The number of fused-ring (bicyclic) bond motifs is 1. The largest absolute Gasteiger partial charge is 0.480 e. The van der Waals surface area contributed by atoms with E-state index in [0.717, 1.165) is 22.0 Å². The van der Waals surface area contributed by atoms with Crippen molar-refractivity contribution in [3.63, 3.8) is 0 Å². The van der Waals surface area contributed by atoms with Gasteiger partial charge in [0, 0.05) is 35.9 Å². The zero-order valence-electron chi connectivity index (χ0n) is 20.9. The molecule has 0 unspecified atom stereocenters. The maximum Gasteiger partial charge on any atom is 0.247 e. The first kappa shape index (κ1) is 25.3. The fourth-order valence-corrected chi connectivity index (χ4v) is 4.38. The number of morpholine rings is 1. The number of aliphatic hydroxyl groups excluding tert-OH is 1. The van der Waals surface area contributed by atoms with E-state index in [0.29, 0.717) is 48.6 Å². The third kappa shape index (κ3) is 5.05. The van der Waals surface area contributed by atoms with Crippen molar-refractivity contribution >= 4 is 34.1 Å². The van der Waals surface area contributed by atoms with Gasteiger partial charge in [-0.05, 0) is 35.9 Å². The van der Waals surface area contributed by atoms with E-state index in [2.05, 4.69) is 32.5 Å². The quantitative estimate of drug-likeness (QED) is 0.263. The number of rotatable bonds is 8. The van der Waals surface area contributed by atoms with Crippen molar-refractivity contribution in [1.29, 1.82) is 0 Å². The molecule has 10 nitrogen and oxygen atoms in total. The molecular weight excluding hydrogens is 484 g/mol. The molecule has 1 fully saturated rings. The lowest BCUT2D eigenvalue weighted by Crippen LogP contribution is -2.50. The number of hydrogen-bond donors (Lipinski definition) is 4. The van der Waals surface area contributed by atoms with Crippen molar-refractivity contribution in [1.82, 2.24) is 20.3 Å². The van der Waals surface area contributed by atoms with Gasteiger partial charge in [-0.1, -0.05) is 36.9 Å². The number of nitrogens with one attached hydrogen (secondary N) is 3. The smallest absolute Gasteiger partial charge is 0.247 e. The SMILES string of the molecule is C=CC(=O)Nc1cccc(-c2cccc3cnc(Nc4ccc([C@@]5(CO)CNCCO5)nc4OC)nc23)c1. The molecule has 0 aliphatic carbocycles. The van der Waals surface area contributed by atoms with Crippen molar-refractivity contribution in [2.45, 2.75) is 5.60 Å². The second kappa shape index (κ2) is 10.9. The minimum atomic E-state index is -0.932. The van der Waals surface area contributed by atoms with Crippen LogP contribution in [0.5, 0.6) is 5.88 Å². The normalized spacial score (nSPS) is 17.1. The molecule has 1 saturated heterocycles. The lowest BCUT2D eigenvalue weighted by Gasteiger charge is -2.35. The fraction of sp³-hybridized carbons (Fsp3) is 0.214. The van der Waals surface area contributed by atoms with Gasteiger partial charge in [-0.25, -0.2) is 15.0 Å². The van der Waals surface area contributed by atoms with Crippen LogP contribution >= 0.6 is 0 Å². The minimum Gasteiger partial charge on any atom is -0.480 e. The average Bonchev–Trinajstić information content (AvgIpc) is 2.97. The van der Waals surface area contributed by atoms with Crippen LogP contribution in [0.2, 0.25) is 0 Å². The van der Waals surface area contributed by atoms with Crippen molar-refractivity contribution in [3.8, 4) is 17.0 Å². The van der Waals surface area contributed by atoms with Gasteiger partial charge in [0.2, 0.25) is 17.7 Å². The van der Waals surface area contributed by atoms with Crippen LogP contribution in [0.3, 0.4) is 0 Å². The number of para-hydroxylation sites is 1. The molecule has 2 aromatic carbocycles. The number of nitrogens with zero attached hydrogens (tertiary/aromatic N) is 3. The van der Waals surface area contributed by atoms with Crippen LogP contribution in [-0.2, 0) is 15.1 Å². The molecule has 4 N–H and O–H groups in total. The molecule has 1 aliphatic rings. The molecule has 4 aromatic rings. The maximum atomic E-state index is 11.8.